The molecule has 0 aliphatic carbocycles. The van der Waals surface area contributed by atoms with Gasteiger partial charge >= 0.3 is 160 Å². The molecule has 26 heavy (non-hydrogen) atoms. The van der Waals surface area contributed by atoms with E-state index >= 15 is 0 Å². The number of phenols is 1. The number of hydrogen-bond acceptors (Lipinski definition) is 3. The summed E-state index contributed by atoms with van der Waals surface area (Å²) in [5.74, 6) is 1.26. The van der Waals surface area contributed by atoms with Gasteiger partial charge in [0.2, 0.25) is 0 Å². The molecule has 0 unspecified atom stereocenters. The average Bonchev–Trinajstić information content (AvgIpc) is 3.35. The van der Waals surface area contributed by atoms with E-state index in [2.05, 4.69) is 41.3 Å². The van der Waals surface area contributed by atoms with E-state index in [-0.39, 0.29) is 14.5 Å². The van der Waals surface area contributed by atoms with Crippen LogP contribution in [0.3, 0.4) is 0 Å². The van der Waals surface area contributed by atoms with E-state index in [1.165, 1.54) is 45.9 Å². The van der Waals surface area contributed by atoms with Gasteiger partial charge in [0.1, 0.15) is 0 Å². The quantitative estimate of drug-likeness (QED) is 0.615. The Morgan fingerprint density at radius 2 is 1.38 bits per heavy atom. The van der Waals surface area contributed by atoms with E-state index in [0.717, 1.165) is 18.9 Å². The molecule has 1 N–H and O–H groups in total. The molecule has 1 aliphatic heterocycles. The van der Waals surface area contributed by atoms with Crippen molar-refractivity contribution in [1.82, 2.24) is 4.90 Å². The third-order valence-corrected chi connectivity index (χ3v) is 7.25. The van der Waals surface area contributed by atoms with Crippen LogP contribution in [0.5, 0.6) is 11.5 Å². The summed E-state index contributed by atoms with van der Waals surface area (Å²) in [7, 11) is 0. The summed E-state index contributed by atoms with van der Waals surface area (Å²) in [6.45, 7) is 4.22. The van der Waals surface area contributed by atoms with Crippen LogP contribution in [0.2, 0.25) is 0 Å². The van der Waals surface area contributed by atoms with Crippen molar-refractivity contribution in [2.75, 3.05) is 26.2 Å². The maximum absolute atomic E-state index is 9.44. The minimum absolute atomic E-state index is 0.287. The Balaban J connectivity index is 1.38. The predicted molar refractivity (Wildman–Crippen MR) is 107 cm³/mol. The first-order chi connectivity index (χ1) is 12.8. The van der Waals surface area contributed by atoms with Gasteiger partial charge in [-0.25, -0.2) is 0 Å². The van der Waals surface area contributed by atoms with Crippen molar-refractivity contribution in [2.24, 2.45) is 0 Å². The van der Waals surface area contributed by atoms with Crippen LogP contribution in [0.15, 0.2) is 60.7 Å². The first kappa shape index (κ1) is 17.4. The molecule has 3 aromatic rings. The van der Waals surface area contributed by atoms with Gasteiger partial charge in [0.05, 0.1) is 0 Å². The van der Waals surface area contributed by atoms with Gasteiger partial charge in [-0.2, -0.15) is 0 Å². The Kier molecular flexibility index (Phi) is 5.45. The summed E-state index contributed by atoms with van der Waals surface area (Å²) in [4.78, 5) is 2.47. The molecule has 2 aromatic carbocycles. The van der Waals surface area contributed by atoms with Crippen molar-refractivity contribution >= 4 is 14.5 Å². The van der Waals surface area contributed by atoms with Crippen LogP contribution >= 0.6 is 0 Å². The third-order valence-electron chi connectivity index (χ3n) is 4.77. The van der Waals surface area contributed by atoms with E-state index in [9.17, 15) is 5.11 Å². The molecule has 0 amide bonds. The first-order valence-corrected chi connectivity index (χ1v) is 10.8. The molecular formula is C22H23NO2Se. The van der Waals surface area contributed by atoms with Crippen molar-refractivity contribution in [2.45, 2.75) is 12.8 Å². The first-order valence-electron chi connectivity index (χ1n) is 9.13. The third kappa shape index (κ3) is 4.21. The van der Waals surface area contributed by atoms with Crippen LogP contribution in [0, 0.1) is 0 Å². The molecule has 0 spiro atoms. The summed E-state index contributed by atoms with van der Waals surface area (Å²) in [5, 5.41) is 9.44. The number of ether oxygens (including phenoxy) is 1. The second-order valence-electron chi connectivity index (χ2n) is 6.63. The Morgan fingerprint density at radius 3 is 2.00 bits per heavy atom. The van der Waals surface area contributed by atoms with Gasteiger partial charge in [-0.3, -0.25) is 0 Å². The molecule has 1 saturated heterocycles. The van der Waals surface area contributed by atoms with Crippen LogP contribution < -0.4 is 4.74 Å². The molecule has 1 aromatic heterocycles. The number of likely N-dealkylation sites (tertiary alicyclic amines) is 1. The molecule has 2 heterocycles. The molecule has 0 atom stereocenters. The molecule has 1 aliphatic rings. The Bertz CT molecular complexity index is 833. The normalized spacial score (nSPS) is 14.6. The molecule has 4 heteroatoms. The Morgan fingerprint density at radius 1 is 0.808 bits per heavy atom. The fourth-order valence-electron chi connectivity index (χ4n) is 3.29. The topological polar surface area (TPSA) is 32.7 Å². The number of rotatable bonds is 6. The van der Waals surface area contributed by atoms with Gasteiger partial charge in [0.25, 0.3) is 0 Å². The van der Waals surface area contributed by atoms with Crippen LogP contribution in [-0.4, -0.2) is 50.8 Å². The van der Waals surface area contributed by atoms with Gasteiger partial charge < -0.3 is 0 Å². The van der Waals surface area contributed by atoms with E-state index in [1.54, 1.807) is 12.1 Å². The van der Waals surface area contributed by atoms with Gasteiger partial charge in [-0.15, -0.1) is 0 Å². The fraction of sp³-hybridized carbons (Fsp3) is 0.273. The second kappa shape index (κ2) is 8.13. The summed E-state index contributed by atoms with van der Waals surface area (Å²) >= 11 is 0.287. The molecule has 1 fully saturated rings. The molecule has 0 saturated carbocycles. The fourth-order valence-corrected chi connectivity index (χ4v) is 5.42. The van der Waals surface area contributed by atoms with Crippen LogP contribution in [0.1, 0.15) is 12.8 Å². The van der Waals surface area contributed by atoms with E-state index in [0.29, 0.717) is 5.75 Å². The van der Waals surface area contributed by atoms with Gasteiger partial charge in [-0.1, -0.05) is 0 Å². The van der Waals surface area contributed by atoms with Crippen LogP contribution in [-0.2, 0) is 0 Å². The summed E-state index contributed by atoms with van der Waals surface area (Å²) in [6, 6.07) is 20.3. The van der Waals surface area contributed by atoms with Gasteiger partial charge in [0.15, 0.2) is 0 Å². The number of nitrogens with zero attached hydrogens (tertiary/aromatic N) is 1. The van der Waals surface area contributed by atoms with Gasteiger partial charge in [0, 0.05) is 0 Å². The standard InChI is InChI=1S/C22H23NO2Se/c24-19-7-3-17(4-8-19)21-11-12-22(26-21)18-5-9-20(10-6-18)25-16-15-23-13-1-2-14-23/h3-12,24H,1-2,13-16H2. The number of phenolic OH excluding ortho intramolecular Hbond substituents is 1. The van der Waals surface area contributed by atoms with Crippen molar-refractivity contribution < 1.29 is 9.84 Å². The zero-order chi connectivity index (χ0) is 17.8. The Labute approximate surface area is 160 Å². The van der Waals surface area contributed by atoms with Crippen molar-refractivity contribution in [3.8, 4) is 31.5 Å². The zero-order valence-electron chi connectivity index (χ0n) is 14.7. The minimum atomic E-state index is 0.287. The SMILES string of the molecule is Oc1ccc(-c2ccc(-c3ccc(OCCN4CCCC4)cc3)[se]2)cc1. The number of benzene rings is 2. The molecule has 0 bridgehead atoms. The average molecular weight is 412 g/mol. The summed E-state index contributed by atoms with van der Waals surface area (Å²) < 4.78 is 8.62. The van der Waals surface area contributed by atoms with Crippen LogP contribution in [0.25, 0.3) is 20.0 Å². The maximum atomic E-state index is 9.44. The molecule has 4 rings (SSSR count). The van der Waals surface area contributed by atoms with E-state index < -0.39 is 0 Å². The van der Waals surface area contributed by atoms with E-state index in [4.69, 9.17) is 4.74 Å². The zero-order valence-corrected chi connectivity index (χ0v) is 16.4. The molecule has 0 radical (unpaired) electrons. The van der Waals surface area contributed by atoms with Crippen molar-refractivity contribution in [1.29, 1.82) is 0 Å². The number of aromatic hydroxyl groups is 1. The Hall–Kier alpha value is -2.00. The summed E-state index contributed by atoms with van der Waals surface area (Å²) in [6.07, 6.45) is 2.65. The van der Waals surface area contributed by atoms with E-state index in [1.807, 2.05) is 12.1 Å². The second-order valence-corrected chi connectivity index (χ2v) is 8.91. The molecule has 134 valence electrons. The van der Waals surface area contributed by atoms with Crippen molar-refractivity contribution in [3.63, 3.8) is 0 Å². The van der Waals surface area contributed by atoms with Crippen LogP contribution in [0.4, 0.5) is 0 Å². The van der Waals surface area contributed by atoms with Gasteiger partial charge in [-0.05, 0) is 0 Å². The molecular weight excluding hydrogens is 389 g/mol. The number of hydrogen-bond donors (Lipinski definition) is 1. The summed E-state index contributed by atoms with van der Waals surface area (Å²) in [5.41, 5.74) is 2.46. The molecule has 3 nitrogen and oxygen atoms in total. The monoisotopic (exact) mass is 413 g/mol. The predicted octanol–water partition coefficient (Wildman–Crippen LogP) is 4.26. The van der Waals surface area contributed by atoms with Crippen molar-refractivity contribution in [3.05, 3.63) is 60.7 Å².